The van der Waals surface area contributed by atoms with Gasteiger partial charge in [-0.15, -0.1) is 0 Å². The Bertz CT molecular complexity index is 211. The van der Waals surface area contributed by atoms with Gasteiger partial charge in [0.25, 0.3) is 0 Å². The van der Waals surface area contributed by atoms with E-state index in [0.29, 0.717) is 12.2 Å². The van der Waals surface area contributed by atoms with Gasteiger partial charge in [-0.1, -0.05) is 26.2 Å². The lowest BCUT2D eigenvalue weighted by Gasteiger charge is -2.15. The second kappa shape index (κ2) is 8.16. The summed E-state index contributed by atoms with van der Waals surface area (Å²) in [7, 11) is 0. The van der Waals surface area contributed by atoms with Crippen LogP contribution in [0.5, 0.6) is 0 Å². The van der Waals surface area contributed by atoms with Crippen molar-refractivity contribution in [2.45, 2.75) is 83.3 Å². The topological polar surface area (TPSA) is 18.5 Å². The van der Waals surface area contributed by atoms with E-state index >= 15 is 0 Å². The van der Waals surface area contributed by atoms with Crippen LogP contribution in [0.1, 0.15) is 71.1 Å². The van der Waals surface area contributed by atoms with E-state index < -0.39 is 0 Å². The first-order valence-electron chi connectivity index (χ1n) is 8.11. The normalized spacial score (nSPS) is 29.2. The van der Waals surface area contributed by atoms with Gasteiger partial charge in [0.1, 0.15) is 0 Å². The van der Waals surface area contributed by atoms with Gasteiger partial charge in [0.05, 0.1) is 12.2 Å². The first kappa shape index (κ1) is 14.3. The molecule has 0 heterocycles. The van der Waals surface area contributed by atoms with Gasteiger partial charge in [-0.2, -0.15) is 0 Å². The molecule has 2 aliphatic rings. The van der Waals surface area contributed by atoms with Gasteiger partial charge >= 0.3 is 0 Å². The molecule has 0 aromatic rings. The molecule has 2 nitrogen and oxygen atoms in total. The molecule has 0 saturated heterocycles. The molecule has 0 bridgehead atoms. The van der Waals surface area contributed by atoms with Crippen LogP contribution in [0, 0.1) is 5.92 Å². The predicted molar refractivity (Wildman–Crippen MR) is 74.8 cm³/mol. The minimum absolute atomic E-state index is 0.549. The summed E-state index contributed by atoms with van der Waals surface area (Å²) in [4.78, 5) is 0. The van der Waals surface area contributed by atoms with Crippen LogP contribution in [0.3, 0.4) is 0 Å². The van der Waals surface area contributed by atoms with Crippen molar-refractivity contribution in [3.05, 3.63) is 0 Å². The Labute approximate surface area is 112 Å². The minimum atomic E-state index is 0.549. The molecule has 2 aliphatic carbocycles. The predicted octanol–water partition coefficient (Wildman–Crippen LogP) is 4.32. The quantitative estimate of drug-likeness (QED) is 0.601. The molecule has 0 aliphatic heterocycles. The molecule has 0 radical (unpaired) electrons. The SMILES string of the molecule is CCCCOC1CCC(CCOC2CCCC2)C1. The van der Waals surface area contributed by atoms with E-state index in [1.807, 2.05) is 0 Å². The van der Waals surface area contributed by atoms with Crippen molar-refractivity contribution in [1.82, 2.24) is 0 Å². The lowest BCUT2D eigenvalue weighted by Crippen LogP contribution is -2.12. The lowest BCUT2D eigenvalue weighted by molar-refractivity contribution is 0.0403. The minimum Gasteiger partial charge on any atom is -0.378 e. The van der Waals surface area contributed by atoms with Crippen molar-refractivity contribution in [2.24, 2.45) is 5.92 Å². The summed E-state index contributed by atoms with van der Waals surface area (Å²) in [5.74, 6) is 0.859. The van der Waals surface area contributed by atoms with Crippen molar-refractivity contribution in [1.29, 1.82) is 0 Å². The van der Waals surface area contributed by atoms with Gasteiger partial charge in [0, 0.05) is 13.2 Å². The summed E-state index contributed by atoms with van der Waals surface area (Å²) in [5.41, 5.74) is 0. The smallest absolute Gasteiger partial charge is 0.0577 e. The van der Waals surface area contributed by atoms with Crippen LogP contribution in [0.2, 0.25) is 0 Å². The maximum absolute atomic E-state index is 5.96. The third-order valence-electron chi connectivity index (χ3n) is 4.53. The fourth-order valence-electron chi connectivity index (χ4n) is 3.29. The Kier molecular flexibility index (Phi) is 6.50. The van der Waals surface area contributed by atoms with E-state index in [-0.39, 0.29) is 0 Å². The average molecular weight is 254 g/mol. The summed E-state index contributed by atoms with van der Waals surface area (Å²) < 4.78 is 11.9. The Hall–Kier alpha value is -0.0800. The standard InChI is InChI=1S/C16H30O2/c1-2-3-11-17-16-9-8-14(13-16)10-12-18-15-6-4-5-7-15/h14-16H,2-13H2,1H3. The van der Waals surface area contributed by atoms with Gasteiger partial charge in [-0.25, -0.2) is 0 Å². The van der Waals surface area contributed by atoms with E-state index in [1.54, 1.807) is 0 Å². The number of unbranched alkanes of at least 4 members (excludes halogenated alkanes) is 1. The zero-order chi connectivity index (χ0) is 12.6. The molecule has 2 atom stereocenters. The fraction of sp³-hybridized carbons (Fsp3) is 1.00. The molecule has 2 rings (SSSR count). The Balaban J connectivity index is 1.49. The second-order valence-electron chi connectivity index (χ2n) is 6.09. The molecule has 0 N–H and O–H groups in total. The molecule has 2 fully saturated rings. The maximum Gasteiger partial charge on any atom is 0.0577 e. The molecular formula is C16H30O2. The Morgan fingerprint density at radius 3 is 2.44 bits per heavy atom. The number of ether oxygens (including phenoxy) is 2. The lowest BCUT2D eigenvalue weighted by atomic mass is 10.0. The number of rotatable bonds is 8. The van der Waals surface area contributed by atoms with E-state index in [1.165, 1.54) is 64.2 Å². The van der Waals surface area contributed by atoms with Gasteiger partial charge < -0.3 is 9.47 Å². The molecule has 2 unspecified atom stereocenters. The van der Waals surface area contributed by atoms with Gasteiger partial charge in [-0.3, -0.25) is 0 Å². The molecular weight excluding hydrogens is 224 g/mol. The Morgan fingerprint density at radius 2 is 1.67 bits per heavy atom. The number of hydrogen-bond donors (Lipinski definition) is 0. The highest BCUT2D eigenvalue weighted by Gasteiger charge is 2.25. The van der Waals surface area contributed by atoms with E-state index in [4.69, 9.17) is 9.47 Å². The van der Waals surface area contributed by atoms with Crippen LogP contribution >= 0.6 is 0 Å². The molecule has 0 amide bonds. The first-order chi connectivity index (χ1) is 8.88. The van der Waals surface area contributed by atoms with Gasteiger partial charge in [0.2, 0.25) is 0 Å². The highest BCUT2D eigenvalue weighted by atomic mass is 16.5. The third kappa shape index (κ3) is 4.89. The van der Waals surface area contributed by atoms with Crippen LogP contribution in [0.15, 0.2) is 0 Å². The second-order valence-corrected chi connectivity index (χ2v) is 6.09. The highest BCUT2D eigenvalue weighted by molar-refractivity contribution is 4.76. The van der Waals surface area contributed by atoms with Crippen LogP contribution in [0.4, 0.5) is 0 Å². The van der Waals surface area contributed by atoms with Crippen LogP contribution < -0.4 is 0 Å². The number of hydrogen-bond acceptors (Lipinski definition) is 2. The largest absolute Gasteiger partial charge is 0.378 e. The third-order valence-corrected chi connectivity index (χ3v) is 4.53. The van der Waals surface area contributed by atoms with Gasteiger partial charge in [0.15, 0.2) is 0 Å². The maximum atomic E-state index is 5.96. The van der Waals surface area contributed by atoms with Crippen molar-refractivity contribution in [2.75, 3.05) is 13.2 Å². The van der Waals surface area contributed by atoms with Crippen LogP contribution in [-0.4, -0.2) is 25.4 Å². The van der Waals surface area contributed by atoms with Crippen molar-refractivity contribution < 1.29 is 9.47 Å². The summed E-state index contributed by atoms with van der Waals surface area (Å²) in [5, 5.41) is 0. The highest BCUT2D eigenvalue weighted by Crippen LogP contribution is 2.31. The van der Waals surface area contributed by atoms with E-state index in [0.717, 1.165) is 19.1 Å². The molecule has 0 aromatic heterocycles. The summed E-state index contributed by atoms with van der Waals surface area (Å²) >= 11 is 0. The molecule has 0 aromatic carbocycles. The van der Waals surface area contributed by atoms with Crippen molar-refractivity contribution >= 4 is 0 Å². The van der Waals surface area contributed by atoms with Crippen LogP contribution in [0.25, 0.3) is 0 Å². The molecule has 18 heavy (non-hydrogen) atoms. The molecule has 106 valence electrons. The average Bonchev–Trinajstić information content (AvgIpc) is 3.01. The molecule has 2 saturated carbocycles. The molecule has 2 heteroatoms. The van der Waals surface area contributed by atoms with E-state index in [9.17, 15) is 0 Å². The van der Waals surface area contributed by atoms with E-state index in [2.05, 4.69) is 6.92 Å². The monoisotopic (exact) mass is 254 g/mol. The molecule has 0 spiro atoms. The van der Waals surface area contributed by atoms with Gasteiger partial charge in [-0.05, 0) is 50.9 Å². The summed E-state index contributed by atoms with van der Waals surface area (Å²) in [6.07, 6.45) is 14.1. The Morgan fingerprint density at radius 1 is 0.889 bits per heavy atom. The zero-order valence-electron chi connectivity index (χ0n) is 12.0. The summed E-state index contributed by atoms with van der Waals surface area (Å²) in [6, 6.07) is 0. The van der Waals surface area contributed by atoms with Crippen molar-refractivity contribution in [3.63, 3.8) is 0 Å². The van der Waals surface area contributed by atoms with Crippen molar-refractivity contribution in [3.8, 4) is 0 Å². The van der Waals surface area contributed by atoms with Crippen LogP contribution in [-0.2, 0) is 9.47 Å². The first-order valence-corrected chi connectivity index (χ1v) is 8.11. The zero-order valence-corrected chi connectivity index (χ0v) is 12.0. The summed E-state index contributed by atoms with van der Waals surface area (Å²) in [6.45, 7) is 4.17. The fourth-order valence-corrected chi connectivity index (χ4v) is 3.29.